The predicted molar refractivity (Wildman–Crippen MR) is 144 cm³/mol. The smallest absolute Gasteiger partial charge is 0.290 e. The largest absolute Gasteiger partial charge is 0.497 e. The molecule has 8 heteroatoms. The molecule has 1 aliphatic carbocycles. The number of carbonyl (C=O) groups is 2. The highest BCUT2D eigenvalue weighted by Gasteiger charge is 2.34. The van der Waals surface area contributed by atoms with Crippen LogP contribution in [-0.4, -0.2) is 50.6 Å². The fourth-order valence-electron chi connectivity index (χ4n) is 4.99. The molecule has 202 valence electrons. The molecule has 1 aromatic heterocycles. The van der Waals surface area contributed by atoms with E-state index in [0.717, 1.165) is 31.2 Å². The van der Waals surface area contributed by atoms with Crippen molar-refractivity contribution in [1.82, 2.24) is 10.2 Å². The van der Waals surface area contributed by atoms with Crippen molar-refractivity contribution in [1.29, 1.82) is 0 Å². The van der Waals surface area contributed by atoms with Crippen molar-refractivity contribution in [2.45, 2.75) is 50.6 Å². The molecule has 1 saturated carbocycles. The summed E-state index contributed by atoms with van der Waals surface area (Å²) in [6.07, 6.45) is 7.18. The van der Waals surface area contributed by atoms with Crippen LogP contribution in [0.5, 0.6) is 17.2 Å². The number of methoxy groups -OCH3 is 3. The molecular formula is C30H36N2O6. The zero-order valence-electron chi connectivity index (χ0n) is 22.3. The van der Waals surface area contributed by atoms with E-state index in [-0.39, 0.29) is 30.2 Å². The topological polar surface area (TPSA) is 90.2 Å². The van der Waals surface area contributed by atoms with Gasteiger partial charge in [0.05, 0.1) is 27.6 Å². The first-order valence-electron chi connectivity index (χ1n) is 13.0. The molecule has 1 fully saturated rings. The van der Waals surface area contributed by atoms with Crippen molar-refractivity contribution in [2.24, 2.45) is 0 Å². The van der Waals surface area contributed by atoms with Gasteiger partial charge in [0.1, 0.15) is 11.8 Å². The lowest BCUT2D eigenvalue weighted by Gasteiger charge is -2.33. The summed E-state index contributed by atoms with van der Waals surface area (Å²) in [7, 11) is 4.76. The van der Waals surface area contributed by atoms with Gasteiger partial charge in [-0.3, -0.25) is 9.59 Å². The van der Waals surface area contributed by atoms with E-state index >= 15 is 0 Å². The van der Waals surface area contributed by atoms with E-state index in [0.29, 0.717) is 29.2 Å². The van der Waals surface area contributed by atoms with Crippen LogP contribution in [-0.2, 0) is 11.2 Å². The van der Waals surface area contributed by atoms with Crippen LogP contribution in [0.1, 0.15) is 59.8 Å². The first-order valence-corrected chi connectivity index (χ1v) is 13.0. The fraction of sp³-hybridized carbons (Fsp3) is 0.400. The van der Waals surface area contributed by atoms with Gasteiger partial charge in [0.15, 0.2) is 17.3 Å². The van der Waals surface area contributed by atoms with Gasteiger partial charge in [-0.1, -0.05) is 37.5 Å². The van der Waals surface area contributed by atoms with Crippen LogP contribution in [0.15, 0.2) is 65.3 Å². The summed E-state index contributed by atoms with van der Waals surface area (Å²) in [6, 6.07) is 15.5. The number of carbonyl (C=O) groups excluding carboxylic acids is 2. The zero-order chi connectivity index (χ0) is 26.9. The van der Waals surface area contributed by atoms with Crippen LogP contribution in [0.25, 0.3) is 0 Å². The summed E-state index contributed by atoms with van der Waals surface area (Å²) in [6.45, 7) is 0.273. The second kappa shape index (κ2) is 13.0. The van der Waals surface area contributed by atoms with Crippen molar-refractivity contribution >= 4 is 11.8 Å². The Bertz CT molecular complexity index is 1200. The Labute approximate surface area is 223 Å². The minimum atomic E-state index is -0.871. The van der Waals surface area contributed by atoms with E-state index < -0.39 is 6.04 Å². The quantitative estimate of drug-likeness (QED) is 0.375. The molecule has 0 radical (unpaired) electrons. The van der Waals surface area contributed by atoms with E-state index in [1.807, 2.05) is 42.5 Å². The summed E-state index contributed by atoms with van der Waals surface area (Å²) in [5, 5.41) is 3.23. The van der Waals surface area contributed by atoms with Crippen LogP contribution in [0.4, 0.5) is 0 Å². The molecule has 2 amide bonds. The normalized spacial score (nSPS) is 14.4. The summed E-state index contributed by atoms with van der Waals surface area (Å²) in [5.74, 6) is 1.45. The van der Waals surface area contributed by atoms with Gasteiger partial charge >= 0.3 is 0 Å². The molecule has 0 aliphatic heterocycles. The third kappa shape index (κ3) is 6.49. The Morgan fingerprint density at radius 2 is 1.74 bits per heavy atom. The van der Waals surface area contributed by atoms with Crippen molar-refractivity contribution < 1.29 is 28.2 Å². The Kier molecular flexibility index (Phi) is 9.30. The molecular weight excluding hydrogens is 484 g/mol. The third-order valence-electron chi connectivity index (χ3n) is 7.00. The maximum absolute atomic E-state index is 13.9. The zero-order valence-corrected chi connectivity index (χ0v) is 22.3. The SMILES string of the molecule is COc1cccc([C@@H](C(=O)NC2CCCCC2)N(CCc2ccc(OC)c(OC)c2)C(=O)c2ccco2)c1. The first kappa shape index (κ1) is 27.1. The molecule has 1 aliphatic rings. The monoisotopic (exact) mass is 520 g/mol. The molecule has 4 rings (SSSR count). The molecule has 3 aromatic rings. The molecule has 2 aromatic carbocycles. The van der Waals surface area contributed by atoms with Crippen LogP contribution in [0.2, 0.25) is 0 Å². The van der Waals surface area contributed by atoms with Gasteiger partial charge in [-0.15, -0.1) is 0 Å². The van der Waals surface area contributed by atoms with Crippen molar-refractivity contribution in [3.05, 3.63) is 77.7 Å². The fourth-order valence-corrected chi connectivity index (χ4v) is 4.99. The van der Waals surface area contributed by atoms with Crippen LogP contribution < -0.4 is 19.5 Å². The molecule has 1 atom stereocenters. The Hall–Kier alpha value is -3.94. The number of amides is 2. The number of ether oxygens (including phenoxy) is 3. The average Bonchev–Trinajstić information content (AvgIpc) is 3.50. The summed E-state index contributed by atoms with van der Waals surface area (Å²) >= 11 is 0. The molecule has 0 saturated heterocycles. The number of hydrogen-bond acceptors (Lipinski definition) is 6. The number of nitrogens with one attached hydrogen (secondary N) is 1. The number of furan rings is 1. The van der Waals surface area contributed by atoms with Crippen molar-refractivity contribution in [3.63, 3.8) is 0 Å². The van der Waals surface area contributed by atoms with E-state index in [9.17, 15) is 9.59 Å². The Morgan fingerprint density at radius 3 is 2.42 bits per heavy atom. The van der Waals surface area contributed by atoms with E-state index in [4.69, 9.17) is 18.6 Å². The predicted octanol–water partition coefficient (Wildman–Crippen LogP) is 5.18. The number of benzene rings is 2. The van der Waals surface area contributed by atoms with Gasteiger partial charge in [-0.2, -0.15) is 0 Å². The maximum Gasteiger partial charge on any atom is 0.290 e. The second-order valence-electron chi connectivity index (χ2n) is 9.44. The van der Waals surface area contributed by atoms with Crippen LogP contribution in [0.3, 0.4) is 0 Å². The van der Waals surface area contributed by atoms with Gasteiger partial charge < -0.3 is 28.8 Å². The minimum Gasteiger partial charge on any atom is -0.497 e. The number of hydrogen-bond donors (Lipinski definition) is 1. The average molecular weight is 521 g/mol. The lowest BCUT2D eigenvalue weighted by Crippen LogP contribution is -2.47. The van der Waals surface area contributed by atoms with Gasteiger partial charge in [-0.05, 0) is 66.8 Å². The molecule has 0 unspecified atom stereocenters. The highest BCUT2D eigenvalue weighted by Crippen LogP contribution is 2.30. The molecule has 38 heavy (non-hydrogen) atoms. The molecule has 0 bridgehead atoms. The standard InChI is InChI=1S/C30H36N2O6/c1-35-24-12-7-9-22(20-24)28(29(33)31-23-10-5-4-6-11-23)32(30(34)26-13-8-18-38-26)17-16-21-14-15-25(36-2)27(19-21)37-3/h7-9,12-15,18-20,23,28H,4-6,10-11,16-17H2,1-3H3,(H,31,33)/t28-/m0/s1. The number of rotatable bonds is 11. The Morgan fingerprint density at radius 1 is 0.947 bits per heavy atom. The van der Waals surface area contributed by atoms with E-state index in [1.165, 1.54) is 12.7 Å². The molecule has 1 heterocycles. The van der Waals surface area contributed by atoms with Gasteiger partial charge in [0.2, 0.25) is 5.91 Å². The Balaban J connectivity index is 1.69. The van der Waals surface area contributed by atoms with E-state index in [2.05, 4.69) is 5.32 Å². The minimum absolute atomic E-state index is 0.0933. The summed E-state index contributed by atoms with van der Waals surface area (Å²) in [5.41, 5.74) is 1.61. The lowest BCUT2D eigenvalue weighted by molar-refractivity contribution is -0.126. The lowest BCUT2D eigenvalue weighted by atomic mass is 9.94. The molecule has 0 spiro atoms. The van der Waals surface area contributed by atoms with Crippen LogP contribution in [0, 0.1) is 0 Å². The number of nitrogens with zero attached hydrogens (tertiary/aromatic N) is 1. The van der Waals surface area contributed by atoms with Crippen molar-refractivity contribution in [2.75, 3.05) is 27.9 Å². The van der Waals surface area contributed by atoms with Gasteiger partial charge in [0, 0.05) is 12.6 Å². The first-order chi connectivity index (χ1) is 18.5. The maximum atomic E-state index is 13.9. The molecule has 8 nitrogen and oxygen atoms in total. The second-order valence-corrected chi connectivity index (χ2v) is 9.44. The van der Waals surface area contributed by atoms with Crippen LogP contribution >= 0.6 is 0 Å². The van der Waals surface area contributed by atoms with Gasteiger partial charge in [-0.25, -0.2) is 0 Å². The van der Waals surface area contributed by atoms with Gasteiger partial charge in [0.25, 0.3) is 5.91 Å². The summed E-state index contributed by atoms with van der Waals surface area (Å²) in [4.78, 5) is 29.3. The molecule has 1 N–H and O–H groups in total. The third-order valence-corrected chi connectivity index (χ3v) is 7.00. The van der Waals surface area contributed by atoms with E-state index in [1.54, 1.807) is 38.4 Å². The highest BCUT2D eigenvalue weighted by molar-refractivity contribution is 5.96. The van der Waals surface area contributed by atoms with Crippen molar-refractivity contribution in [3.8, 4) is 17.2 Å². The highest BCUT2D eigenvalue weighted by atomic mass is 16.5. The summed E-state index contributed by atoms with van der Waals surface area (Å²) < 4.78 is 21.7.